The van der Waals surface area contributed by atoms with Crippen LogP contribution in [0.4, 0.5) is 0 Å². The number of aliphatic hydroxyl groups is 2. The largest absolute Gasteiger partial charge is 0.496 e. The fourth-order valence-electron chi connectivity index (χ4n) is 4.21. The Morgan fingerprint density at radius 3 is 1.27 bits per heavy atom. The lowest BCUT2D eigenvalue weighted by atomic mass is 9.79. The van der Waals surface area contributed by atoms with Gasteiger partial charge in [-0.2, -0.15) is 0 Å². The van der Waals surface area contributed by atoms with Crippen LogP contribution in [0.15, 0.2) is 24.3 Å². The summed E-state index contributed by atoms with van der Waals surface area (Å²) in [4.78, 5) is 0. The maximum atomic E-state index is 11.3. The van der Waals surface area contributed by atoms with Gasteiger partial charge >= 0.3 is 0 Å². The van der Waals surface area contributed by atoms with Crippen LogP contribution in [0.25, 0.3) is 0 Å². The van der Waals surface area contributed by atoms with Crippen LogP contribution in [0.2, 0.25) is 0 Å². The number of aliphatic hydroxyl groups excluding tert-OH is 2. The fourth-order valence-corrected chi connectivity index (χ4v) is 4.21. The molecule has 0 saturated carbocycles. The van der Waals surface area contributed by atoms with Crippen LogP contribution in [0.5, 0.6) is 11.5 Å². The Hall–Kier alpha value is -2.04. The molecule has 0 spiro atoms. The number of ether oxygens (including phenoxy) is 2. The van der Waals surface area contributed by atoms with E-state index in [0.29, 0.717) is 22.6 Å². The first-order valence-electron chi connectivity index (χ1n) is 10.7. The molecular weight excluding hydrogens is 376 g/mol. The second kappa shape index (κ2) is 7.90. The number of hydrogen-bond donors (Lipinski definition) is 2. The molecule has 2 aromatic carbocycles. The van der Waals surface area contributed by atoms with Gasteiger partial charge in [-0.15, -0.1) is 0 Å². The van der Waals surface area contributed by atoms with E-state index < -0.39 is 12.2 Å². The first-order chi connectivity index (χ1) is 13.9. The highest BCUT2D eigenvalue weighted by molar-refractivity contribution is 5.53. The Bertz CT molecular complexity index is 854. The van der Waals surface area contributed by atoms with Crippen molar-refractivity contribution in [3.8, 4) is 11.5 Å². The Morgan fingerprint density at radius 1 is 0.667 bits per heavy atom. The minimum atomic E-state index is -1.13. The molecule has 0 aliphatic heterocycles. The Balaban J connectivity index is 2.29. The van der Waals surface area contributed by atoms with Crippen LogP contribution in [0.1, 0.15) is 87.1 Å². The average molecular weight is 413 g/mol. The molecule has 2 unspecified atom stereocenters. The second-order valence-electron chi connectivity index (χ2n) is 10.4. The molecule has 4 bridgehead atoms. The summed E-state index contributed by atoms with van der Waals surface area (Å²) in [6.07, 6.45) is -0.745. The number of benzene rings is 2. The smallest absolute Gasteiger partial charge is 0.127 e. The molecule has 0 aromatic heterocycles. The normalized spacial score (nSPS) is 19.4. The highest BCUT2D eigenvalue weighted by Crippen LogP contribution is 2.45. The zero-order valence-corrected chi connectivity index (χ0v) is 19.6. The highest BCUT2D eigenvalue weighted by atomic mass is 16.5. The van der Waals surface area contributed by atoms with E-state index in [0.717, 1.165) is 35.1 Å². The lowest BCUT2D eigenvalue weighted by Gasteiger charge is -2.30. The quantitative estimate of drug-likeness (QED) is 0.715. The van der Waals surface area contributed by atoms with E-state index in [1.807, 2.05) is 12.1 Å². The molecule has 3 rings (SSSR count). The van der Waals surface area contributed by atoms with Crippen molar-refractivity contribution in [2.24, 2.45) is 0 Å². The summed E-state index contributed by atoms with van der Waals surface area (Å²) in [7, 11) is 3.25. The van der Waals surface area contributed by atoms with Crippen molar-refractivity contribution < 1.29 is 19.7 Å². The van der Waals surface area contributed by atoms with Crippen LogP contribution in [-0.2, 0) is 23.7 Å². The van der Waals surface area contributed by atoms with Gasteiger partial charge in [0.2, 0.25) is 0 Å². The van der Waals surface area contributed by atoms with Gasteiger partial charge in [-0.1, -0.05) is 53.7 Å². The summed E-state index contributed by atoms with van der Waals surface area (Å²) in [5.41, 5.74) is 5.39. The highest BCUT2D eigenvalue weighted by Gasteiger charge is 2.32. The van der Waals surface area contributed by atoms with Crippen molar-refractivity contribution in [3.63, 3.8) is 0 Å². The Labute approximate surface area is 180 Å². The van der Waals surface area contributed by atoms with Crippen molar-refractivity contribution >= 4 is 0 Å². The maximum Gasteiger partial charge on any atom is 0.127 e. The number of fused-ring (bicyclic) bond motifs is 4. The van der Waals surface area contributed by atoms with Gasteiger partial charge in [0.15, 0.2) is 0 Å². The molecule has 2 aromatic rings. The number of rotatable bonds is 2. The summed E-state index contributed by atoms with van der Waals surface area (Å²) in [6, 6.07) is 8.28. The minimum absolute atomic E-state index is 0.0873. The number of aryl methyl sites for hydroxylation is 2. The molecule has 0 saturated heterocycles. The minimum Gasteiger partial charge on any atom is -0.496 e. The summed E-state index contributed by atoms with van der Waals surface area (Å²) in [6.45, 7) is 12.9. The third-order valence-electron chi connectivity index (χ3n) is 6.13. The van der Waals surface area contributed by atoms with E-state index in [-0.39, 0.29) is 10.8 Å². The molecule has 30 heavy (non-hydrogen) atoms. The molecule has 4 heteroatoms. The molecule has 2 atom stereocenters. The van der Waals surface area contributed by atoms with Gasteiger partial charge < -0.3 is 19.7 Å². The third-order valence-corrected chi connectivity index (χ3v) is 6.13. The fraction of sp³-hybridized carbons (Fsp3) is 0.538. The van der Waals surface area contributed by atoms with E-state index in [1.54, 1.807) is 14.2 Å². The molecule has 0 radical (unpaired) electrons. The second-order valence-corrected chi connectivity index (χ2v) is 10.4. The van der Waals surface area contributed by atoms with Gasteiger partial charge in [0, 0.05) is 11.1 Å². The van der Waals surface area contributed by atoms with Gasteiger partial charge in [0.05, 0.1) is 14.2 Å². The predicted octanol–water partition coefficient (Wildman–Crippen LogP) is 5.16. The molecule has 0 amide bonds. The maximum absolute atomic E-state index is 11.3. The zero-order chi connectivity index (χ0) is 22.4. The molecule has 0 heterocycles. The van der Waals surface area contributed by atoms with E-state index in [2.05, 4.69) is 53.7 Å². The number of hydrogen-bond acceptors (Lipinski definition) is 4. The standard InChI is InChI=1S/C26H36O4/c1-25(2,3)17-11-15-9-10-16-12-18(26(4,5)6)14-20(24(16)30-8)22(28)21(27)19(13-17)23(15)29-7/h11-14,21-22,27-28H,9-10H2,1-8H3. The van der Waals surface area contributed by atoms with E-state index in [9.17, 15) is 10.2 Å². The van der Waals surface area contributed by atoms with Gasteiger partial charge in [-0.05, 0) is 58.1 Å². The molecule has 4 nitrogen and oxygen atoms in total. The third kappa shape index (κ3) is 4.08. The summed E-state index contributed by atoms with van der Waals surface area (Å²) in [5.74, 6) is 1.32. The summed E-state index contributed by atoms with van der Waals surface area (Å²) >= 11 is 0. The van der Waals surface area contributed by atoms with Crippen LogP contribution < -0.4 is 9.47 Å². The van der Waals surface area contributed by atoms with Crippen LogP contribution in [0, 0.1) is 0 Å². The van der Waals surface area contributed by atoms with Crippen molar-refractivity contribution in [2.75, 3.05) is 14.2 Å². The lowest BCUT2D eigenvalue weighted by Crippen LogP contribution is -2.20. The van der Waals surface area contributed by atoms with E-state index in [1.165, 1.54) is 0 Å². The van der Waals surface area contributed by atoms with Gasteiger partial charge in [0.1, 0.15) is 23.7 Å². The van der Waals surface area contributed by atoms with Gasteiger partial charge in [0.25, 0.3) is 0 Å². The average Bonchev–Trinajstić information content (AvgIpc) is 2.67. The Kier molecular flexibility index (Phi) is 5.96. The molecule has 164 valence electrons. The summed E-state index contributed by atoms with van der Waals surface area (Å²) in [5, 5.41) is 22.6. The van der Waals surface area contributed by atoms with Crippen molar-refractivity contribution in [2.45, 2.75) is 77.4 Å². The van der Waals surface area contributed by atoms with Crippen LogP contribution in [-0.4, -0.2) is 24.4 Å². The van der Waals surface area contributed by atoms with Crippen molar-refractivity contribution in [1.82, 2.24) is 0 Å². The van der Waals surface area contributed by atoms with Crippen LogP contribution >= 0.6 is 0 Å². The molecule has 0 fully saturated rings. The molecular formula is C26H36O4. The molecule has 1 aliphatic carbocycles. The first kappa shape index (κ1) is 22.6. The Morgan fingerprint density at radius 2 is 1.00 bits per heavy atom. The summed E-state index contributed by atoms with van der Waals surface area (Å²) < 4.78 is 11.5. The molecule has 1 aliphatic rings. The predicted molar refractivity (Wildman–Crippen MR) is 121 cm³/mol. The van der Waals surface area contributed by atoms with E-state index in [4.69, 9.17) is 9.47 Å². The van der Waals surface area contributed by atoms with E-state index >= 15 is 0 Å². The monoisotopic (exact) mass is 412 g/mol. The van der Waals surface area contributed by atoms with Gasteiger partial charge in [-0.25, -0.2) is 0 Å². The van der Waals surface area contributed by atoms with Crippen LogP contribution in [0.3, 0.4) is 0 Å². The number of methoxy groups -OCH3 is 2. The first-order valence-corrected chi connectivity index (χ1v) is 10.7. The van der Waals surface area contributed by atoms with Crippen molar-refractivity contribution in [3.05, 3.63) is 57.6 Å². The topological polar surface area (TPSA) is 58.9 Å². The lowest BCUT2D eigenvalue weighted by molar-refractivity contribution is 0.0141. The van der Waals surface area contributed by atoms with Gasteiger partial charge in [-0.3, -0.25) is 0 Å². The SMILES string of the molecule is COc1c2cc(C(C)(C)C)cc1C(O)C(O)c1cc(C(C)(C)C)cc(c1OC)CC2. The zero-order valence-electron chi connectivity index (χ0n) is 19.6. The van der Waals surface area contributed by atoms with Crippen molar-refractivity contribution in [1.29, 1.82) is 0 Å². The molecule has 2 N–H and O–H groups in total.